The van der Waals surface area contributed by atoms with Crippen molar-refractivity contribution < 1.29 is 9.90 Å². The van der Waals surface area contributed by atoms with Crippen LogP contribution in [0.15, 0.2) is 65.3 Å². The van der Waals surface area contributed by atoms with Gasteiger partial charge in [-0.3, -0.25) is 9.79 Å². The molecule has 0 spiro atoms. The number of carbonyl (C=O) groups is 1. The van der Waals surface area contributed by atoms with Crippen LogP contribution in [0, 0.1) is 0 Å². The van der Waals surface area contributed by atoms with E-state index in [1.807, 2.05) is 30.5 Å². The number of nitrogens with one attached hydrogen (secondary N) is 1. The Balaban J connectivity index is 1.55. The predicted molar refractivity (Wildman–Crippen MR) is 100 cm³/mol. The van der Waals surface area contributed by atoms with Crippen LogP contribution in [0.4, 0.5) is 0 Å². The molecule has 1 aromatic heterocycles. The van der Waals surface area contributed by atoms with Crippen LogP contribution in [0.3, 0.4) is 0 Å². The predicted octanol–water partition coefficient (Wildman–Crippen LogP) is 4.34. The zero-order chi connectivity index (χ0) is 17.4. The van der Waals surface area contributed by atoms with Crippen molar-refractivity contribution in [3.8, 4) is 0 Å². The molecular weight excluding hydrogens is 312 g/mol. The highest BCUT2D eigenvalue weighted by atomic mass is 16.3. The fourth-order valence-corrected chi connectivity index (χ4v) is 3.36. The molecular formula is C21H18N2O2. The first kappa shape index (κ1) is 15.4. The minimum atomic E-state index is -0.151. The third-order valence-corrected chi connectivity index (χ3v) is 4.66. The number of allylic oxidation sites excluding steroid dienone is 1. The largest absolute Gasteiger partial charge is 0.506 e. The van der Waals surface area contributed by atoms with Crippen LogP contribution >= 0.6 is 0 Å². The number of Topliss-reactive ketones (excluding diaryl/α,β-unsaturated/α-hetero) is 1. The van der Waals surface area contributed by atoms with Gasteiger partial charge in [0.1, 0.15) is 5.76 Å². The highest BCUT2D eigenvalue weighted by Gasteiger charge is 2.30. The third kappa shape index (κ3) is 2.56. The molecule has 1 heterocycles. The number of carbonyl (C=O) groups excluding carboxylic acids is 1. The molecule has 1 aliphatic rings. The number of hydrogen-bond acceptors (Lipinski definition) is 3. The second-order valence-corrected chi connectivity index (χ2v) is 6.17. The van der Waals surface area contributed by atoms with Gasteiger partial charge in [-0.15, -0.1) is 0 Å². The van der Waals surface area contributed by atoms with Gasteiger partial charge >= 0.3 is 0 Å². The molecule has 0 bridgehead atoms. The molecule has 0 unspecified atom stereocenters. The van der Waals surface area contributed by atoms with E-state index in [-0.39, 0.29) is 11.5 Å². The van der Waals surface area contributed by atoms with Gasteiger partial charge in [0, 0.05) is 40.5 Å². The molecule has 1 aliphatic carbocycles. The number of aliphatic hydroxyl groups excluding tert-OH is 1. The fraction of sp³-hybridized carbons (Fsp3) is 0.143. The number of para-hydroxylation sites is 1. The van der Waals surface area contributed by atoms with E-state index in [0.717, 1.165) is 11.9 Å². The maximum absolute atomic E-state index is 12.5. The van der Waals surface area contributed by atoms with E-state index < -0.39 is 0 Å². The molecule has 4 heteroatoms. The van der Waals surface area contributed by atoms with E-state index in [4.69, 9.17) is 0 Å². The summed E-state index contributed by atoms with van der Waals surface area (Å²) >= 11 is 0. The summed E-state index contributed by atoms with van der Waals surface area (Å²) in [6, 6.07) is 15.3. The SMILES string of the molecule is CC(=NCCc1c[nH]c2ccccc12)C1=C(O)c2ccccc2C1=O. The maximum atomic E-state index is 12.5. The Bertz CT molecular complexity index is 1040. The van der Waals surface area contributed by atoms with Crippen molar-refractivity contribution in [2.75, 3.05) is 6.54 Å². The van der Waals surface area contributed by atoms with E-state index in [2.05, 4.69) is 16.0 Å². The summed E-state index contributed by atoms with van der Waals surface area (Å²) in [5.74, 6) is -0.115. The monoisotopic (exact) mass is 330 g/mol. The topological polar surface area (TPSA) is 65.4 Å². The summed E-state index contributed by atoms with van der Waals surface area (Å²) < 4.78 is 0. The smallest absolute Gasteiger partial charge is 0.199 e. The number of aliphatic hydroxyl groups is 1. The van der Waals surface area contributed by atoms with Crippen LogP contribution in [0.5, 0.6) is 0 Å². The van der Waals surface area contributed by atoms with Gasteiger partial charge < -0.3 is 10.1 Å². The summed E-state index contributed by atoms with van der Waals surface area (Å²) in [5, 5.41) is 11.6. The first-order chi connectivity index (χ1) is 12.2. The Morgan fingerprint density at radius 2 is 1.80 bits per heavy atom. The van der Waals surface area contributed by atoms with Gasteiger partial charge in [0.25, 0.3) is 0 Å². The van der Waals surface area contributed by atoms with Crippen molar-refractivity contribution in [2.24, 2.45) is 4.99 Å². The molecule has 0 saturated carbocycles. The minimum absolute atomic E-state index is 0.0361. The Kier molecular flexibility index (Phi) is 3.73. The van der Waals surface area contributed by atoms with E-state index in [1.54, 1.807) is 25.1 Å². The number of aromatic nitrogens is 1. The number of benzene rings is 2. The van der Waals surface area contributed by atoms with Crippen molar-refractivity contribution in [2.45, 2.75) is 13.3 Å². The minimum Gasteiger partial charge on any atom is -0.506 e. The highest BCUT2D eigenvalue weighted by Crippen LogP contribution is 2.31. The number of nitrogens with zero attached hydrogens (tertiary/aromatic N) is 1. The molecule has 2 N–H and O–H groups in total. The Morgan fingerprint density at radius 3 is 2.60 bits per heavy atom. The standard InChI is InChI=1S/C21H18N2O2/c1-13(19-20(24)16-7-2-3-8-17(16)21(19)25)22-11-10-14-12-23-18-9-5-4-6-15(14)18/h2-9,12,23-24H,10-11H2,1H3. The maximum Gasteiger partial charge on any atom is 0.199 e. The molecule has 25 heavy (non-hydrogen) atoms. The zero-order valence-electron chi connectivity index (χ0n) is 13.9. The van der Waals surface area contributed by atoms with Gasteiger partial charge in [-0.05, 0) is 25.0 Å². The summed E-state index contributed by atoms with van der Waals surface area (Å²) in [6.45, 7) is 2.35. The van der Waals surface area contributed by atoms with Crippen molar-refractivity contribution >= 4 is 28.2 Å². The lowest BCUT2D eigenvalue weighted by Crippen LogP contribution is -2.08. The number of aliphatic imine (C=N–C) groups is 1. The number of rotatable bonds is 4. The Labute approximate surface area is 145 Å². The van der Waals surface area contributed by atoms with Crippen molar-refractivity contribution in [1.29, 1.82) is 0 Å². The average Bonchev–Trinajstić information content (AvgIpc) is 3.15. The number of H-pyrrole nitrogens is 1. The quantitative estimate of drug-likeness (QED) is 0.699. The molecule has 0 fully saturated rings. The summed E-state index contributed by atoms with van der Waals surface area (Å²) in [7, 11) is 0. The number of hydrogen-bond donors (Lipinski definition) is 2. The Hall–Kier alpha value is -3.14. The first-order valence-corrected chi connectivity index (χ1v) is 8.30. The van der Waals surface area contributed by atoms with E-state index in [9.17, 15) is 9.90 Å². The molecule has 2 aromatic carbocycles. The van der Waals surface area contributed by atoms with Crippen molar-refractivity contribution in [3.05, 3.63) is 77.0 Å². The molecule has 0 atom stereocenters. The van der Waals surface area contributed by atoms with Gasteiger partial charge in [-0.1, -0.05) is 42.5 Å². The Morgan fingerprint density at radius 1 is 1.08 bits per heavy atom. The highest BCUT2D eigenvalue weighted by molar-refractivity contribution is 6.35. The second kappa shape index (κ2) is 6.06. The molecule has 4 nitrogen and oxygen atoms in total. The van der Waals surface area contributed by atoms with Gasteiger partial charge in [-0.25, -0.2) is 0 Å². The van der Waals surface area contributed by atoms with Crippen LogP contribution in [0.25, 0.3) is 16.7 Å². The molecule has 3 aromatic rings. The summed E-state index contributed by atoms with van der Waals surface area (Å²) in [6.07, 6.45) is 2.78. The molecule has 0 radical (unpaired) electrons. The normalized spacial score (nSPS) is 14.4. The zero-order valence-corrected chi connectivity index (χ0v) is 13.9. The lowest BCUT2D eigenvalue weighted by atomic mass is 10.1. The van der Waals surface area contributed by atoms with Crippen molar-refractivity contribution in [3.63, 3.8) is 0 Å². The number of fused-ring (bicyclic) bond motifs is 2. The van der Waals surface area contributed by atoms with E-state index in [0.29, 0.717) is 29.0 Å². The lowest BCUT2D eigenvalue weighted by Gasteiger charge is -2.02. The second-order valence-electron chi connectivity index (χ2n) is 6.17. The van der Waals surface area contributed by atoms with Gasteiger partial charge in [-0.2, -0.15) is 0 Å². The van der Waals surface area contributed by atoms with Crippen molar-refractivity contribution in [1.82, 2.24) is 4.98 Å². The van der Waals surface area contributed by atoms with E-state index >= 15 is 0 Å². The van der Waals surface area contributed by atoms with Gasteiger partial charge in [0.15, 0.2) is 5.78 Å². The van der Waals surface area contributed by atoms with Crippen LogP contribution in [0.2, 0.25) is 0 Å². The molecule has 0 aliphatic heterocycles. The number of ketones is 1. The molecule has 124 valence electrons. The average molecular weight is 330 g/mol. The van der Waals surface area contributed by atoms with Gasteiger partial charge in [0.05, 0.1) is 5.57 Å². The van der Waals surface area contributed by atoms with Gasteiger partial charge in [0.2, 0.25) is 0 Å². The summed E-state index contributed by atoms with van der Waals surface area (Å²) in [4.78, 5) is 20.3. The number of aromatic amines is 1. The molecule has 0 amide bonds. The van der Waals surface area contributed by atoms with Crippen LogP contribution in [0.1, 0.15) is 28.4 Å². The third-order valence-electron chi connectivity index (χ3n) is 4.66. The first-order valence-electron chi connectivity index (χ1n) is 8.30. The van der Waals surface area contributed by atoms with Crippen LogP contribution in [-0.2, 0) is 6.42 Å². The molecule has 0 saturated heterocycles. The van der Waals surface area contributed by atoms with Crippen LogP contribution < -0.4 is 0 Å². The molecule has 4 rings (SSSR count). The fourth-order valence-electron chi connectivity index (χ4n) is 3.36. The summed E-state index contributed by atoms with van der Waals surface area (Å²) in [5.41, 5.74) is 4.35. The lowest BCUT2D eigenvalue weighted by molar-refractivity contribution is 0.104. The van der Waals surface area contributed by atoms with Crippen LogP contribution in [-0.4, -0.2) is 28.1 Å². The van der Waals surface area contributed by atoms with E-state index in [1.165, 1.54) is 10.9 Å².